The number of fused-ring (bicyclic) bond motifs is 2. The molecule has 4 aromatic heterocycles. The first-order valence-electron chi connectivity index (χ1n) is 5.91. The number of aromatic nitrogens is 8. The summed E-state index contributed by atoms with van der Waals surface area (Å²) in [6.45, 7) is 0. The van der Waals surface area contributed by atoms with Crippen LogP contribution in [0.2, 0.25) is 0 Å². The summed E-state index contributed by atoms with van der Waals surface area (Å²) in [5.41, 5.74) is 1.76. The van der Waals surface area contributed by atoms with Crippen LogP contribution < -0.4 is 9.25 Å². The highest BCUT2D eigenvalue weighted by molar-refractivity contribution is 7.33. The van der Waals surface area contributed by atoms with Crippen molar-refractivity contribution in [1.82, 2.24) is 39.4 Å². The first kappa shape index (κ1) is 12.5. The van der Waals surface area contributed by atoms with Gasteiger partial charge in [0.2, 0.25) is 11.3 Å². The zero-order valence-corrected chi connectivity index (χ0v) is 11.6. The predicted molar refractivity (Wildman–Crippen MR) is 71.4 cm³/mol. The van der Waals surface area contributed by atoms with Crippen LogP contribution in [0.1, 0.15) is 0 Å². The van der Waals surface area contributed by atoms with E-state index in [0.29, 0.717) is 22.3 Å². The minimum Gasteiger partial charge on any atom is -0.242 e. The van der Waals surface area contributed by atoms with Gasteiger partial charge in [0.1, 0.15) is 36.3 Å². The van der Waals surface area contributed by atoms with E-state index < -0.39 is 8.25 Å². The van der Waals surface area contributed by atoms with Crippen molar-refractivity contribution < 1.29 is 13.8 Å². The Labute approximate surface area is 122 Å². The smallest absolute Gasteiger partial charge is 0.242 e. The molecule has 0 fully saturated rings. The van der Waals surface area contributed by atoms with E-state index in [9.17, 15) is 4.57 Å². The summed E-state index contributed by atoms with van der Waals surface area (Å²) in [6.07, 6.45) is 8.33. The van der Waals surface area contributed by atoms with E-state index in [2.05, 4.69) is 29.9 Å². The number of hydrogen-bond donors (Lipinski definition) is 0. The van der Waals surface area contributed by atoms with Gasteiger partial charge in [0.25, 0.3) is 0 Å². The van der Waals surface area contributed by atoms with Gasteiger partial charge in [-0.25, -0.2) is 29.9 Å². The highest BCUT2D eigenvalue weighted by Crippen LogP contribution is 2.19. The topological polar surface area (TPSA) is 123 Å². The van der Waals surface area contributed by atoms with E-state index in [1.165, 1.54) is 37.7 Å². The van der Waals surface area contributed by atoms with Crippen molar-refractivity contribution in [1.29, 1.82) is 0 Å². The Bertz CT molecular complexity index is 904. The molecular formula is C10H6N8O3P+. The monoisotopic (exact) mass is 317 g/mol. The Kier molecular flexibility index (Phi) is 2.83. The van der Waals surface area contributed by atoms with Crippen molar-refractivity contribution in [2.24, 2.45) is 0 Å². The van der Waals surface area contributed by atoms with Crippen molar-refractivity contribution >= 4 is 30.6 Å². The Morgan fingerprint density at radius 1 is 0.818 bits per heavy atom. The minimum absolute atomic E-state index is 0.375. The van der Waals surface area contributed by atoms with Crippen LogP contribution in [0, 0.1) is 0 Å². The van der Waals surface area contributed by atoms with Gasteiger partial charge < -0.3 is 0 Å². The lowest BCUT2D eigenvalue weighted by Gasteiger charge is -1.94. The zero-order valence-electron chi connectivity index (χ0n) is 10.7. The van der Waals surface area contributed by atoms with Crippen LogP contribution >= 0.6 is 8.25 Å². The van der Waals surface area contributed by atoms with Gasteiger partial charge in [-0.05, 0) is 0 Å². The van der Waals surface area contributed by atoms with Crippen LogP contribution in [0.5, 0.6) is 0 Å². The van der Waals surface area contributed by atoms with Crippen LogP contribution in [0.4, 0.5) is 0 Å². The molecule has 0 aliphatic rings. The third-order valence-electron chi connectivity index (χ3n) is 2.68. The summed E-state index contributed by atoms with van der Waals surface area (Å²) < 4.78 is 24.6. The average Bonchev–Trinajstić information content (AvgIpc) is 3.13. The third-order valence-corrected chi connectivity index (χ3v) is 3.29. The Balaban J connectivity index is 1.58. The lowest BCUT2D eigenvalue weighted by atomic mass is 10.6. The van der Waals surface area contributed by atoms with Crippen LogP contribution in [-0.4, -0.2) is 39.4 Å². The van der Waals surface area contributed by atoms with Crippen LogP contribution in [0.25, 0.3) is 22.3 Å². The second-order valence-corrected chi connectivity index (χ2v) is 4.76. The molecule has 108 valence electrons. The molecule has 0 unspecified atom stereocenters. The largest absolute Gasteiger partial charge is 0.848 e. The van der Waals surface area contributed by atoms with E-state index in [4.69, 9.17) is 9.25 Å². The highest BCUT2D eigenvalue weighted by atomic mass is 31.1. The third kappa shape index (κ3) is 2.09. The maximum Gasteiger partial charge on any atom is 0.848 e. The zero-order chi connectivity index (χ0) is 14.9. The first-order chi connectivity index (χ1) is 10.8. The second-order valence-electron chi connectivity index (χ2n) is 3.99. The number of nitrogens with zero attached hydrogens (tertiary/aromatic N) is 8. The minimum atomic E-state index is -2.55. The summed E-state index contributed by atoms with van der Waals surface area (Å²) in [5.74, 6) is 0. The summed E-state index contributed by atoms with van der Waals surface area (Å²) >= 11 is 0. The fourth-order valence-electron chi connectivity index (χ4n) is 1.77. The van der Waals surface area contributed by atoms with Crippen LogP contribution in [0.3, 0.4) is 0 Å². The van der Waals surface area contributed by atoms with E-state index in [1.54, 1.807) is 0 Å². The first-order valence-corrected chi connectivity index (χ1v) is 7.01. The highest BCUT2D eigenvalue weighted by Gasteiger charge is 2.28. The van der Waals surface area contributed by atoms with Gasteiger partial charge in [0.15, 0.2) is 0 Å². The average molecular weight is 317 g/mol. The molecule has 0 N–H and O–H groups in total. The molecule has 0 bridgehead atoms. The summed E-state index contributed by atoms with van der Waals surface area (Å²) in [6, 6.07) is 0. The van der Waals surface area contributed by atoms with Gasteiger partial charge >= 0.3 is 8.25 Å². The second kappa shape index (κ2) is 4.97. The SMILES string of the molecule is O=[P+](On1cnc2cncnc21)On1cnc2cncnc21. The molecule has 0 aromatic carbocycles. The molecule has 4 rings (SSSR count). The molecule has 0 radical (unpaired) electrons. The standard InChI is InChI=1S/C10H6N8O3P/c19-22(20-17-5-15-7-1-11-3-13-9(7)17)21-18-6-16-8-2-12-4-14-10(8)18/h1-6H/q+1. The van der Waals surface area contributed by atoms with Gasteiger partial charge in [0, 0.05) is 4.57 Å². The fraction of sp³-hybridized carbons (Fsp3) is 0. The molecule has 0 saturated heterocycles. The maximum atomic E-state index is 12.0. The summed E-state index contributed by atoms with van der Waals surface area (Å²) in [4.78, 5) is 23.6. The van der Waals surface area contributed by atoms with E-state index in [0.717, 1.165) is 9.46 Å². The van der Waals surface area contributed by atoms with Gasteiger partial charge in [-0.2, -0.15) is 0 Å². The van der Waals surface area contributed by atoms with Crippen molar-refractivity contribution in [2.45, 2.75) is 0 Å². The van der Waals surface area contributed by atoms with Crippen molar-refractivity contribution in [3.8, 4) is 0 Å². The van der Waals surface area contributed by atoms with Gasteiger partial charge in [-0.15, -0.1) is 9.25 Å². The quantitative estimate of drug-likeness (QED) is 0.485. The number of imidazole rings is 2. The van der Waals surface area contributed by atoms with E-state index in [-0.39, 0.29) is 0 Å². The molecule has 4 aromatic rings. The maximum absolute atomic E-state index is 12.0. The van der Waals surface area contributed by atoms with Crippen LogP contribution in [0.15, 0.2) is 37.7 Å². The van der Waals surface area contributed by atoms with E-state index in [1.807, 2.05) is 0 Å². The lowest BCUT2D eigenvalue weighted by Crippen LogP contribution is -2.11. The van der Waals surface area contributed by atoms with Crippen LogP contribution in [-0.2, 0) is 4.57 Å². The van der Waals surface area contributed by atoms with Gasteiger partial charge in [0.05, 0.1) is 12.4 Å². The van der Waals surface area contributed by atoms with E-state index >= 15 is 0 Å². The Morgan fingerprint density at radius 3 is 1.82 bits per heavy atom. The fourth-order valence-corrected chi connectivity index (χ4v) is 2.33. The molecular weight excluding hydrogens is 311 g/mol. The molecule has 0 amide bonds. The normalized spacial score (nSPS) is 10.9. The van der Waals surface area contributed by atoms with Crippen molar-refractivity contribution in [3.05, 3.63) is 37.7 Å². The predicted octanol–water partition coefficient (Wildman–Crippen LogP) is 0.181. The Hall–Kier alpha value is -3.20. The molecule has 0 aliphatic carbocycles. The Morgan fingerprint density at radius 2 is 1.32 bits per heavy atom. The molecule has 0 spiro atoms. The van der Waals surface area contributed by atoms with Crippen molar-refractivity contribution in [2.75, 3.05) is 0 Å². The molecule has 11 nitrogen and oxygen atoms in total. The molecule has 0 aliphatic heterocycles. The lowest BCUT2D eigenvalue weighted by molar-refractivity contribution is 0.201. The molecule has 4 heterocycles. The summed E-state index contributed by atoms with van der Waals surface area (Å²) in [5, 5.41) is 0. The number of hydrogen-bond acceptors (Lipinski definition) is 9. The van der Waals surface area contributed by atoms with Gasteiger partial charge in [-0.1, -0.05) is 9.46 Å². The molecule has 0 saturated carbocycles. The van der Waals surface area contributed by atoms with Gasteiger partial charge in [-0.3, -0.25) is 0 Å². The molecule has 12 heteroatoms. The van der Waals surface area contributed by atoms with Crippen molar-refractivity contribution in [3.63, 3.8) is 0 Å². The molecule has 0 atom stereocenters. The summed E-state index contributed by atoms with van der Waals surface area (Å²) in [7, 11) is -2.55. The number of rotatable bonds is 4. The molecule has 22 heavy (non-hydrogen) atoms.